The summed E-state index contributed by atoms with van der Waals surface area (Å²) < 4.78 is 2.60. The molecule has 2 aromatic heterocycles. The van der Waals surface area contributed by atoms with Gasteiger partial charge in [-0.15, -0.1) is 11.3 Å². The van der Waals surface area contributed by atoms with Crippen molar-refractivity contribution in [1.82, 2.24) is 9.97 Å². The molecule has 0 amide bonds. The maximum absolute atomic E-state index is 5.33. The number of benzene rings is 7. The van der Waals surface area contributed by atoms with Gasteiger partial charge in [0.2, 0.25) is 0 Å². The van der Waals surface area contributed by atoms with Gasteiger partial charge in [0.25, 0.3) is 0 Å². The van der Waals surface area contributed by atoms with Gasteiger partial charge in [0.1, 0.15) is 0 Å². The minimum Gasteiger partial charge on any atom is -0.228 e. The Kier molecular flexibility index (Phi) is 7.06. The standard InChI is InChI=1S/C49H34N2S/c1-49(2)42-25-11-9-19-37(42)39-22-14-24-41(46(39)49)44-30-43(50-48(51-44)32-17-7-4-8-18-32)35-28-33(31-15-5-3-6-16-31)27-34(29-35)36-21-13-23-40-38-20-10-12-26-45(38)52-47(36)40/h3-30H,1-2H3. The Balaban J connectivity index is 1.23. The Morgan fingerprint density at radius 3 is 1.87 bits per heavy atom. The van der Waals surface area contributed by atoms with E-state index in [0.29, 0.717) is 0 Å². The van der Waals surface area contributed by atoms with E-state index >= 15 is 0 Å². The molecule has 0 spiro atoms. The highest BCUT2D eigenvalue weighted by molar-refractivity contribution is 7.26. The second kappa shape index (κ2) is 12.0. The first-order chi connectivity index (χ1) is 25.5. The van der Waals surface area contributed by atoms with Crippen molar-refractivity contribution in [2.45, 2.75) is 19.3 Å². The number of aromatic nitrogens is 2. The van der Waals surface area contributed by atoms with Crippen LogP contribution in [0.25, 0.3) is 87.5 Å². The lowest BCUT2D eigenvalue weighted by atomic mass is 9.79. The SMILES string of the molecule is CC1(C)c2ccccc2-c2cccc(-c3cc(-c4cc(-c5ccccc5)cc(-c5cccc6c5sc5ccccc56)c4)nc(-c4ccccc4)n3)c21. The number of hydrogen-bond acceptors (Lipinski definition) is 3. The van der Waals surface area contributed by atoms with Crippen molar-refractivity contribution in [3.05, 3.63) is 181 Å². The molecule has 7 aromatic carbocycles. The van der Waals surface area contributed by atoms with Gasteiger partial charge in [0.15, 0.2) is 5.82 Å². The molecule has 2 nitrogen and oxygen atoms in total. The summed E-state index contributed by atoms with van der Waals surface area (Å²) in [6, 6.07) is 61.1. The number of rotatable bonds is 5. The normalized spacial score (nSPS) is 13.0. The van der Waals surface area contributed by atoms with Crippen LogP contribution in [0, 0.1) is 0 Å². The molecule has 0 aliphatic heterocycles. The highest BCUT2D eigenvalue weighted by Gasteiger charge is 2.37. The molecule has 52 heavy (non-hydrogen) atoms. The van der Waals surface area contributed by atoms with Crippen molar-refractivity contribution in [2.75, 3.05) is 0 Å². The largest absolute Gasteiger partial charge is 0.228 e. The molecule has 1 aliphatic rings. The van der Waals surface area contributed by atoms with E-state index in [1.165, 1.54) is 59.1 Å². The second-order valence-electron chi connectivity index (χ2n) is 14.2. The van der Waals surface area contributed by atoms with Gasteiger partial charge in [0, 0.05) is 42.3 Å². The summed E-state index contributed by atoms with van der Waals surface area (Å²) in [5.74, 6) is 0.720. The van der Waals surface area contributed by atoms with Crippen molar-refractivity contribution in [2.24, 2.45) is 0 Å². The quantitative estimate of drug-likeness (QED) is 0.181. The van der Waals surface area contributed by atoms with Gasteiger partial charge >= 0.3 is 0 Å². The van der Waals surface area contributed by atoms with E-state index in [4.69, 9.17) is 9.97 Å². The van der Waals surface area contributed by atoms with Gasteiger partial charge < -0.3 is 0 Å². The van der Waals surface area contributed by atoms with Gasteiger partial charge in [-0.25, -0.2) is 9.97 Å². The molecule has 0 saturated heterocycles. The average Bonchev–Trinajstić information content (AvgIpc) is 3.70. The van der Waals surface area contributed by atoms with E-state index in [0.717, 1.165) is 39.5 Å². The van der Waals surface area contributed by atoms with Gasteiger partial charge in [0.05, 0.1) is 11.4 Å². The lowest BCUT2D eigenvalue weighted by Crippen LogP contribution is -2.16. The van der Waals surface area contributed by atoms with Crippen LogP contribution in [-0.2, 0) is 5.41 Å². The van der Waals surface area contributed by atoms with E-state index in [1.807, 2.05) is 17.4 Å². The first-order valence-corrected chi connectivity index (χ1v) is 18.6. The summed E-state index contributed by atoms with van der Waals surface area (Å²) in [4.78, 5) is 10.6. The fraction of sp³-hybridized carbons (Fsp3) is 0.0612. The minimum absolute atomic E-state index is 0.177. The Morgan fingerprint density at radius 2 is 1.02 bits per heavy atom. The van der Waals surface area contributed by atoms with Crippen molar-refractivity contribution >= 4 is 31.5 Å². The van der Waals surface area contributed by atoms with E-state index < -0.39 is 0 Å². The summed E-state index contributed by atoms with van der Waals surface area (Å²) in [5, 5.41) is 2.60. The third-order valence-electron chi connectivity index (χ3n) is 10.7. The van der Waals surface area contributed by atoms with E-state index in [2.05, 4.69) is 178 Å². The first-order valence-electron chi connectivity index (χ1n) is 17.8. The molecule has 0 N–H and O–H groups in total. The molecule has 3 heteroatoms. The van der Waals surface area contributed by atoms with E-state index in [9.17, 15) is 0 Å². The van der Waals surface area contributed by atoms with Gasteiger partial charge in [-0.1, -0.05) is 153 Å². The molecular weight excluding hydrogens is 649 g/mol. The number of fused-ring (bicyclic) bond motifs is 6. The Hall–Kier alpha value is -6.16. The summed E-state index contributed by atoms with van der Waals surface area (Å²) in [6.07, 6.45) is 0. The molecule has 9 aromatic rings. The fourth-order valence-corrected chi connectivity index (χ4v) is 9.45. The van der Waals surface area contributed by atoms with Gasteiger partial charge in [-0.05, 0) is 74.8 Å². The lowest BCUT2D eigenvalue weighted by molar-refractivity contribution is 0.662. The zero-order chi connectivity index (χ0) is 34.8. The van der Waals surface area contributed by atoms with Gasteiger partial charge in [-0.2, -0.15) is 0 Å². The highest BCUT2D eigenvalue weighted by atomic mass is 32.1. The lowest BCUT2D eigenvalue weighted by Gasteiger charge is -2.24. The van der Waals surface area contributed by atoms with E-state index in [1.54, 1.807) is 0 Å². The van der Waals surface area contributed by atoms with Crippen molar-refractivity contribution < 1.29 is 0 Å². The fourth-order valence-electron chi connectivity index (χ4n) is 8.21. The molecule has 0 unspecified atom stereocenters. The van der Waals surface area contributed by atoms with Crippen LogP contribution in [0.4, 0.5) is 0 Å². The summed E-state index contributed by atoms with van der Waals surface area (Å²) in [5.41, 5.74) is 14.8. The van der Waals surface area contributed by atoms with Gasteiger partial charge in [-0.3, -0.25) is 0 Å². The first kappa shape index (κ1) is 30.6. The van der Waals surface area contributed by atoms with Crippen LogP contribution >= 0.6 is 11.3 Å². The van der Waals surface area contributed by atoms with Crippen molar-refractivity contribution in [1.29, 1.82) is 0 Å². The maximum Gasteiger partial charge on any atom is 0.160 e. The smallest absolute Gasteiger partial charge is 0.160 e. The highest BCUT2D eigenvalue weighted by Crippen LogP contribution is 2.52. The predicted octanol–water partition coefficient (Wildman–Crippen LogP) is 13.5. The molecule has 0 bridgehead atoms. The van der Waals surface area contributed by atoms with Crippen LogP contribution in [0.1, 0.15) is 25.0 Å². The Labute approximate surface area is 307 Å². The molecule has 246 valence electrons. The number of nitrogens with zero attached hydrogens (tertiary/aromatic N) is 2. The molecule has 10 rings (SSSR count). The summed E-state index contributed by atoms with van der Waals surface area (Å²) in [6.45, 7) is 4.68. The summed E-state index contributed by atoms with van der Waals surface area (Å²) in [7, 11) is 0. The van der Waals surface area contributed by atoms with Crippen molar-refractivity contribution in [3.63, 3.8) is 0 Å². The molecule has 0 atom stereocenters. The van der Waals surface area contributed by atoms with Crippen LogP contribution in [0.5, 0.6) is 0 Å². The Morgan fingerprint density at radius 1 is 0.423 bits per heavy atom. The third kappa shape index (κ3) is 4.92. The average molecular weight is 683 g/mol. The minimum atomic E-state index is -0.177. The number of hydrogen-bond donors (Lipinski definition) is 0. The monoisotopic (exact) mass is 682 g/mol. The second-order valence-corrected chi connectivity index (χ2v) is 15.2. The zero-order valence-corrected chi connectivity index (χ0v) is 29.8. The molecule has 0 saturated carbocycles. The predicted molar refractivity (Wildman–Crippen MR) is 220 cm³/mol. The molecule has 1 aliphatic carbocycles. The maximum atomic E-state index is 5.33. The van der Waals surface area contributed by atoms with Crippen LogP contribution in [-0.4, -0.2) is 9.97 Å². The van der Waals surface area contributed by atoms with Crippen LogP contribution in [0.15, 0.2) is 170 Å². The van der Waals surface area contributed by atoms with Crippen LogP contribution in [0.3, 0.4) is 0 Å². The van der Waals surface area contributed by atoms with Crippen LogP contribution < -0.4 is 0 Å². The van der Waals surface area contributed by atoms with Crippen LogP contribution in [0.2, 0.25) is 0 Å². The van der Waals surface area contributed by atoms with Crippen molar-refractivity contribution in [3.8, 4) is 67.3 Å². The topological polar surface area (TPSA) is 25.8 Å². The Bertz CT molecular complexity index is 2810. The third-order valence-corrected chi connectivity index (χ3v) is 11.9. The molecule has 2 heterocycles. The molecule has 0 fully saturated rings. The molecule has 0 radical (unpaired) electrons. The molecular formula is C49H34N2S. The number of thiophene rings is 1. The summed E-state index contributed by atoms with van der Waals surface area (Å²) >= 11 is 1.87. The van der Waals surface area contributed by atoms with E-state index in [-0.39, 0.29) is 5.41 Å². The zero-order valence-electron chi connectivity index (χ0n) is 29.0.